The quantitative estimate of drug-likeness (QED) is 0.176. The molecule has 5 N–H and O–H groups in total. The van der Waals surface area contributed by atoms with Gasteiger partial charge >= 0.3 is 0 Å². The molecule has 298 valence electrons. The highest BCUT2D eigenvalue weighted by Gasteiger charge is 2.57. The molecule has 3 aliphatic carbocycles. The van der Waals surface area contributed by atoms with Gasteiger partial charge in [0.15, 0.2) is 0 Å². The van der Waals surface area contributed by atoms with E-state index in [1.807, 2.05) is 69.5 Å². The zero-order valence-corrected chi connectivity index (χ0v) is 34.4. The third kappa shape index (κ3) is 8.64. The number of nitrogens with two attached hydrogens (primary N) is 1. The molecule has 7 rings (SSSR count). The number of aliphatic hydroxyl groups is 1. The predicted molar refractivity (Wildman–Crippen MR) is 220 cm³/mol. The summed E-state index contributed by atoms with van der Waals surface area (Å²) in [7, 11) is 8.00. The second kappa shape index (κ2) is 16.7. The number of rotatable bonds is 14. The third-order valence-electron chi connectivity index (χ3n) is 13.1. The first-order chi connectivity index (χ1) is 26.1. The van der Waals surface area contributed by atoms with E-state index in [1.165, 1.54) is 12.0 Å². The van der Waals surface area contributed by atoms with E-state index in [2.05, 4.69) is 73.6 Å². The summed E-state index contributed by atoms with van der Waals surface area (Å²) < 4.78 is 0. The molecular formula is C45H64N6O4. The van der Waals surface area contributed by atoms with E-state index < -0.39 is 24.2 Å². The van der Waals surface area contributed by atoms with Gasteiger partial charge in [-0.2, -0.15) is 5.06 Å². The normalized spacial score (nSPS) is 26.9. The van der Waals surface area contributed by atoms with Gasteiger partial charge in [-0.25, -0.2) is 0 Å². The summed E-state index contributed by atoms with van der Waals surface area (Å²) in [6, 6.07) is 21.7. The van der Waals surface area contributed by atoms with Crippen LogP contribution in [0.5, 0.6) is 0 Å². The van der Waals surface area contributed by atoms with Crippen molar-refractivity contribution in [1.82, 2.24) is 20.6 Å². The van der Waals surface area contributed by atoms with Crippen LogP contribution in [0.3, 0.4) is 0 Å². The molecule has 2 amide bonds. The van der Waals surface area contributed by atoms with E-state index in [1.54, 1.807) is 12.0 Å². The molecule has 0 radical (unpaired) electrons. The van der Waals surface area contributed by atoms with Crippen molar-refractivity contribution in [2.75, 3.05) is 46.2 Å². The third-order valence-corrected chi connectivity index (χ3v) is 13.1. The minimum atomic E-state index is -0.791. The van der Waals surface area contributed by atoms with Crippen LogP contribution in [0.4, 0.5) is 5.69 Å². The van der Waals surface area contributed by atoms with Crippen LogP contribution in [0, 0.1) is 36.0 Å². The molecule has 3 aromatic carbocycles. The molecular weight excluding hydrogens is 689 g/mol. The Hall–Kier alpha value is -3.80. The monoisotopic (exact) mass is 752 g/mol. The predicted octanol–water partition coefficient (Wildman–Crippen LogP) is 5.26. The summed E-state index contributed by atoms with van der Waals surface area (Å²) in [6.07, 6.45) is 1.64. The molecule has 0 aromatic heterocycles. The fraction of sp³-hybridized carbons (Fsp3) is 0.556. The van der Waals surface area contributed by atoms with E-state index in [9.17, 15) is 14.7 Å². The van der Waals surface area contributed by atoms with Crippen LogP contribution in [-0.2, 0) is 22.6 Å². The number of carbonyl (C=O) groups is 2. The molecule has 1 saturated heterocycles. The number of hydroxylamine groups is 2. The number of hydrogen-bond acceptors (Lipinski definition) is 8. The van der Waals surface area contributed by atoms with Crippen LogP contribution in [0.25, 0.3) is 11.1 Å². The van der Waals surface area contributed by atoms with E-state index in [0.29, 0.717) is 41.8 Å². The number of nitrogens with one attached hydrogen (secondary N) is 2. The number of anilines is 1. The number of carbonyl (C=O) groups excluding carboxylic acids is 2. The van der Waals surface area contributed by atoms with Crippen molar-refractivity contribution in [1.29, 1.82) is 0 Å². The first kappa shape index (κ1) is 40.9. The molecule has 1 heterocycles. The van der Waals surface area contributed by atoms with Crippen LogP contribution >= 0.6 is 0 Å². The molecule has 4 fully saturated rings. The van der Waals surface area contributed by atoms with E-state index in [-0.39, 0.29) is 30.4 Å². The van der Waals surface area contributed by atoms with Crippen molar-refractivity contribution in [3.63, 3.8) is 0 Å². The topological polar surface area (TPSA) is 123 Å². The van der Waals surface area contributed by atoms with Crippen LogP contribution in [0.2, 0.25) is 0 Å². The Morgan fingerprint density at radius 2 is 1.76 bits per heavy atom. The first-order valence-electron chi connectivity index (χ1n) is 20.1. The van der Waals surface area contributed by atoms with Gasteiger partial charge < -0.3 is 31.3 Å². The summed E-state index contributed by atoms with van der Waals surface area (Å²) in [5.41, 5.74) is 13.1. The number of aliphatic hydroxyl groups excluding tert-OH is 1. The second-order valence-corrected chi connectivity index (χ2v) is 17.7. The summed E-state index contributed by atoms with van der Waals surface area (Å²) >= 11 is 0. The van der Waals surface area contributed by atoms with Crippen LogP contribution < -0.4 is 21.3 Å². The molecule has 10 nitrogen and oxygen atoms in total. The lowest BCUT2D eigenvalue weighted by Gasteiger charge is -2.62. The van der Waals surface area contributed by atoms with Crippen molar-refractivity contribution in [3.05, 3.63) is 89.0 Å². The Bertz CT molecular complexity index is 1810. The lowest BCUT2D eigenvalue weighted by atomic mass is 9.45. The van der Waals surface area contributed by atoms with Crippen molar-refractivity contribution in [2.24, 2.45) is 34.8 Å². The molecule has 4 aliphatic rings. The number of nitrogens with zero attached hydrogens (tertiary/aromatic N) is 3. The molecule has 3 aromatic rings. The highest BCUT2D eigenvalue weighted by Crippen LogP contribution is 2.61. The van der Waals surface area contributed by atoms with E-state index >= 15 is 0 Å². The molecule has 2 bridgehead atoms. The van der Waals surface area contributed by atoms with Gasteiger partial charge in [0.2, 0.25) is 5.91 Å². The van der Waals surface area contributed by atoms with Crippen LogP contribution in [0.1, 0.15) is 67.6 Å². The maximum atomic E-state index is 14.3. The maximum absolute atomic E-state index is 14.3. The standard InChI is InChI=1S/C45H64N6O4/c1-27-31(25-51-42(41(29(3)52)40(24-46)55-51)44(54)48-39-23-34-22-38(28(39)2)45(34,4)5)16-13-17-37(27)32-19-33(21-36(20-32)50(8)9)43(53)47-35(26-49(6)7)18-30-14-11-10-12-15-30/h10-17,19-21,28-29,34-35,38-42,52H,18,22-26,46H2,1-9H3,(H,47,53)(H,48,54)/t28-,29-,34-,35-,38+,39-,40-,41+,42-/m0/s1. The fourth-order valence-electron chi connectivity index (χ4n) is 9.79. The first-order valence-corrected chi connectivity index (χ1v) is 20.1. The Labute approximate surface area is 328 Å². The summed E-state index contributed by atoms with van der Waals surface area (Å²) in [4.78, 5) is 38.8. The molecule has 9 atom stereocenters. The van der Waals surface area contributed by atoms with Gasteiger partial charge in [0, 0.05) is 56.4 Å². The Kier molecular flexibility index (Phi) is 12.4. The second-order valence-electron chi connectivity index (χ2n) is 17.7. The Balaban J connectivity index is 1.26. The summed E-state index contributed by atoms with van der Waals surface area (Å²) in [5.74, 6) is 0.868. The summed E-state index contributed by atoms with van der Waals surface area (Å²) in [5, 5.41) is 19.5. The smallest absolute Gasteiger partial charge is 0.251 e. The maximum Gasteiger partial charge on any atom is 0.251 e. The number of likely N-dealkylation sites (N-methyl/N-ethyl adjacent to an activating group) is 1. The fourth-order valence-corrected chi connectivity index (χ4v) is 9.79. The van der Waals surface area contributed by atoms with E-state index in [0.717, 1.165) is 40.8 Å². The minimum Gasteiger partial charge on any atom is -0.393 e. The molecule has 55 heavy (non-hydrogen) atoms. The number of hydrogen-bond donors (Lipinski definition) is 4. The number of benzene rings is 3. The zero-order chi connectivity index (χ0) is 39.8. The summed E-state index contributed by atoms with van der Waals surface area (Å²) in [6.45, 7) is 12.0. The molecule has 0 spiro atoms. The van der Waals surface area contributed by atoms with Crippen LogP contribution in [0.15, 0.2) is 66.7 Å². The SMILES string of the molecule is Cc1c(CN2O[C@@H](CN)[C@@H]([C@H](C)O)[C@H]2C(=O)N[C@H]2C[C@@H]3C[C@H]([C@@H]2C)C3(C)C)cccc1-c1cc(C(=O)N[C@@H](Cc2ccccc2)CN(C)C)cc(N(C)C)c1. The van der Waals surface area contributed by atoms with E-state index in [4.69, 9.17) is 10.6 Å². The average molecular weight is 753 g/mol. The molecule has 3 saturated carbocycles. The Morgan fingerprint density at radius 1 is 1.04 bits per heavy atom. The zero-order valence-electron chi connectivity index (χ0n) is 34.4. The minimum absolute atomic E-state index is 0.0753. The number of amides is 2. The van der Waals surface area contributed by atoms with Gasteiger partial charge in [0.1, 0.15) is 6.04 Å². The van der Waals surface area contributed by atoms with Gasteiger partial charge in [-0.05, 0) is 116 Å². The van der Waals surface area contributed by atoms with Gasteiger partial charge in [-0.3, -0.25) is 14.4 Å². The highest BCUT2D eigenvalue weighted by molar-refractivity contribution is 5.97. The van der Waals surface area contributed by atoms with Crippen molar-refractivity contribution < 1.29 is 19.5 Å². The highest BCUT2D eigenvalue weighted by atomic mass is 16.7. The van der Waals surface area contributed by atoms with Gasteiger partial charge in [-0.15, -0.1) is 0 Å². The van der Waals surface area contributed by atoms with Crippen molar-refractivity contribution in [3.8, 4) is 11.1 Å². The molecule has 10 heteroatoms. The lowest BCUT2D eigenvalue weighted by Crippen LogP contribution is -2.62. The average Bonchev–Trinajstić information content (AvgIpc) is 3.51. The lowest BCUT2D eigenvalue weighted by molar-refractivity contribution is -0.175. The Morgan fingerprint density at radius 3 is 2.38 bits per heavy atom. The van der Waals surface area contributed by atoms with Crippen molar-refractivity contribution in [2.45, 2.75) is 90.8 Å². The number of fused-ring (bicyclic) bond motifs is 2. The van der Waals surface area contributed by atoms with Crippen LogP contribution in [-0.4, -0.2) is 98.5 Å². The van der Waals surface area contributed by atoms with Gasteiger partial charge in [-0.1, -0.05) is 69.3 Å². The van der Waals surface area contributed by atoms with Gasteiger partial charge in [0.25, 0.3) is 5.91 Å². The van der Waals surface area contributed by atoms with Crippen molar-refractivity contribution >= 4 is 17.5 Å². The molecule has 1 aliphatic heterocycles. The van der Waals surface area contributed by atoms with Gasteiger partial charge in [0.05, 0.1) is 18.8 Å². The largest absolute Gasteiger partial charge is 0.393 e. The molecule has 0 unspecified atom stereocenters.